The van der Waals surface area contributed by atoms with Crippen LogP contribution in [0.4, 0.5) is 0 Å². The molecule has 1 N–H and O–H groups in total. The van der Waals surface area contributed by atoms with Crippen LogP contribution in [0.15, 0.2) is 53.4 Å². The van der Waals surface area contributed by atoms with E-state index >= 15 is 0 Å². The summed E-state index contributed by atoms with van der Waals surface area (Å²) in [7, 11) is -2.48. The van der Waals surface area contributed by atoms with Crippen LogP contribution in [0.5, 0.6) is 0 Å². The Morgan fingerprint density at radius 2 is 1.70 bits per heavy atom. The van der Waals surface area contributed by atoms with Gasteiger partial charge < -0.3 is 4.57 Å². The third-order valence-corrected chi connectivity index (χ3v) is 4.10. The molecule has 0 saturated carbocycles. The number of hydrogen-bond acceptors (Lipinski definition) is 3. The second kappa shape index (κ2) is 4.43. The van der Waals surface area contributed by atoms with E-state index in [1.54, 1.807) is 22.8 Å². The number of rotatable bonds is 2. The lowest BCUT2D eigenvalue weighted by atomic mass is 10.2. The monoisotopic (exact) mass is 288 g/mol. The molecule has 0 saturated heterocycles. The van der Waals surface area contributed by atoms with Gasteiger partial charge in [-0.2, -0.15) is 8.42 Å². The van der Waals surface area contributed by atoms with Crippen molar-refractivity contribution in [1.29, 1.82) is 0 Å². The highest BCUT2D eigenvalue weighted by Crippen LogP contribution is 2.28. The van der Waals surface area contributed by atoms with E-state index in [1.165, 1.54) is 6.07 Å². The van der Waals surface area contributed by atoms with Gasteiger partial charge in [0.1, 0.15) is 10.7 Å². The number of aryl methyl sites for hydroxylation is 1. The van der Waals surface area contributed by atoms with Crippen molar-refractivity contribution in [2.24, 2.45) is 7.05 Å². The largest absolute Gasteiger partial charge is 0.327 e. The van der Waals surface area contributed by atoms with Crippen LogP contribution in [0.1, 0.15) is 0 Å². The van der Waals surface area contributed by atoms with Crippen LogP contribution in [-0.2, 0) is 17.2 Å². The zero-order valence-electron chi connectivity index (χ0n) is 10.7. The fourth-order valence-corrected chi connectivity index (χ4v) is 2.95. The van der Waals surface area contributed by atoms with E-state index in [4.69, 9.17) is 0 Å². The molecule has 0 aliphatic rings. The van der Waals surface area contributed by atoms with Gasteiger partial charge in [0.15, 0.2) is 0 Å². The molecule has 6 heteroatoms. The molecule has 3 rings (SSSR count). The Labute approximate surface area is 116 Å². The van der Waals surface area contributed by atoms with Crippen molar-refractivity contribution in [3.8, 4) is 11.4 Å². The summed E-state index contributed by atoms with van der Waals surface area (Å²) in [6.45, 7) is 0. The van der Waals surface area contributed by atoms with Crippen LogP contribution in [0.2, 0.25) is 0 Å². The van der Waals surface area contributed by atoms with Crippen molar-refractivity contribution in [3.63, 3.8) is 0 Å². The van der Waals surface area contributed by atoms with Crippen LogP contribution in [-0.4, -0.2) is 22.5 Å². The Bertz CT molecular complexity index is 898. The number of para-hydroxylation sites is 2. The van der Waals surface area contributed by atoms with Crippen molar-refractivity contribution in [3.05, 3.63) is 48.5 Å². The predicted molar refractivity (Wildman–Crippen MR) is 76.0 cm³/mol. The first kappa shape index (κ1) is 12.8. The number of aromatic nitrogens is 2. The van der Waals surface area contributed by atoms with E-state index < -0.39 is 10.1 Å². The molecule has 2 aromatic carbocycles. The average Bonchev–Trinajstić information content (AvgIpc) is 2.76. The van der Waals surface area contributed by atoms with Crippen LogP contribution < -0.4 is 0 Å². The Kier molecular flexibility index (Phi) is 2.84. The van der Waals surface area contributed by atoms with Crippen molar-refractivity contribution in [2.75, 3.05) is 0 Å². The molecule has 0 unspecified atom stereocenters. The van der Waals surface area contributed by atoms with Crippen LogP contribution in [0.25, 0.3) is 22.4 Å². The minimum Gasteiger partial charge on any atom is -0.327 e. The third kappa shape index (κ3) is 1.99. The van der Waals surface area contributed by atoms with Gasteiger partial charge in [0.05, 0.1) is 11.0 Å². The summed E-state index contributed by atoms with van der Waals surface area (Å²) in [6.07, 6.45) is 0. The number of fused-ring (bicyclic) bond motifs is 1. The minimum absolute atomic E-state index is 0.140. The van der Waals surface area contributed by atoms with Crippen LogP contribution in [0.3, 0.4) is 0 Å². The third-order valence-electron chi connectivity index (χ3n) is 3.19. The molecule has 0 amide bonds. The lowest BCUT2D eigenvalue weighted by Crippen LogP contribution is -2.03. The Morgan fingerprint density at radius 1 is 1.05 bits per heavy atom. The normalized spacial score (nSPS) is 11.9. The fourth-order valence-electron chi connectivity index (χ4n) is 2.26. The smallest absolute Gasteiger partial charge is 0.295 e. The highest BCUT2D eigenvalue weighted by molar-refractivity contribution is 7.86. The molecule has 0 aliphatic heterocycles. The maximum absolute atomic E-state index is 11.5. The maximum atomic E-state index is 11.5. The lowest BCUT2D eigenvalue weighted by molar-refractivity contribution is 0.483. The molecule has 1 aromatic heterocycles. The van der Waals surface area contributed by atoms with E-state index in [0.717, 1.165) is 11.0 Å². The second-order valence-electron chi connectivity index (χ2n) is 4.45. The molecule has 0 radical (unpaired) electrons. The minimum atomic E-state index is -4.29. The molecule has 3 aromatic rings. The maximum Gasteiger partial charge on any atom is 0.295 e. The van der Waals surface area contributed by atoms with Gasteiger partial charge in [-0.1, -0.05) is 24.3 Å². The Morgan fingerprint density at radius 3 is 2.40 bits per heavy atom. The summed E-state index contributed by atoms with van der Waals surface area (Å²) >= 11 is 0. The SMILES string of the molecule is Cn1c(-c2ccccc2S(=O)(=O)O)nc2ccccc21. The fraction of sp³-hybridized carbons (Fsp3) is 0.0714. The molecule has 102 valence electrons. The molecule has 0 aliphatic carbocycles. The summed E-state index contributed by atoms with van der Waals surface area (Å²) < 4.78 is 34.1. The topological polar surface area (TPSA) is 72.2 Å². The second-order valence-corrected chi connectivity index (χ2v) is 5.84. The predicted octanol–water partition coefficient (Wildman–Crippen LogP) is 2.49. The van der Waals surface area contributed by atoms with E-state index in [2.05, 4.69) is 4.98 Å². The molecule has 1 heterocycles. The van der Waals surface area contributed by atoms with Crippen molar-refractivity contribution in [1.82, 2.24) is 9.55 Å². The van der Waals surface area contributed by atoms with E-state index in [9.17, 15) is 13.0 Å². The van der Waals surface area contributed by atoms with Crippen LogP contribution in [0, 0.1) is 0 Å². The first-order chi connectivity index (χ1) is 9.48. The first-order valence-corrected chi connectivity index (χ1v) is 7.41. The first-order valence-electron chi connectivity index (χ1n) is 5.97. The van der Waals surface area contributed by atoms with Gasteiger partial charge in [-0.05, 0) is 24.3 Å². The molecule has 5 nitrogen and oxygen atoms in total. The molecular formula is C14H12N2O3S. The summed E-state index contributed by atoms with van der Waals surface area (Å²) in [4.78, 5) is 4.30. The van der Waals surface area contributed by atoms with Gasteiger partial charge in [0.25, 0.3) is 10.1 Å². The van der Waals surface area contributed by atoms with Gasteiger partial charge in [-0.3, -0.25) is 4.55 Å². The number of benzene rings is 2. The lowest BCUT2D eigenvalue weighted by Gasteiger charge is -2.06. The average molecular weight is 288 g/mol. The summed E-state index contributed by atoms with van der Waals surface area (Å²) in [5, 5.41) is 0. The van der Waals surface area contributed by atoms with Crippen molar-refractivity contribution >= 4 is 21.2 Å². The van der Waals surface area contributed by atoms with E-state index in [0.29, 0.717) is 11.4 Å². The van der Waals surface area contributed by atoms with Crippen molar-refractivity contribution < 1.29 is 13.0 Å². The number of imidazole rings is 1. The van der Waals surface area contributed by atoms with Crippen molar-refractivity contribution in [2.45, 2.75) is 4.90 Å². The zero-order valence-corrected chi connectivity index (χ0v) is 11.5. The summed E-state index contributed by atoms with van der Waals surface area (Å²) in [5.41, 5.74) is 2.05. The summed E-state index contributed by atoms with van der Waals surface area (Å²) in [6, 6.07) is 13.8. The molecule has 0 bridgehead atoms. The van der Waals surface area contributed by atoms with Gasteiger partial charge in [-0.25, -0.2) is 4.98 Å². The van der Waals surface area contributed by atoms with Gasteiger partial charge in [0, 0.05) is 12.6 Å². The molecule has 0 fully saturated rings. The van der Waals surface area contributed by atoms with Gasteiger partial charge in [-0.15, -0.1) is 0 Å². The number of hydrogen-bond donors (Lipinski definition) is 1. The van der Waals surface area contributed by atoms with Gasteiger partial charge >= 0.3 is 0 Å². The molecule has 0 atom stereocenters. The van der Waals surface area contributed by atoms with E-state index in [-0.39, 0.29) is 4.90 Å². The molecular weight excluding hydrogens is 276 g/mol. The zero-order chi connectivity index (χ0) is 14.3. The molecule has 0 spiro atoms. The summed E-state index contributed by atoms with van der Waals surface area (Å²) in [5.74, 6) is 0.499. The molecule has 20 heavy (non-hydrogen) atoms. The van der Waals surface area contributed by atoms with Gasteiger partial charge in [0.2, 0.25) is 0 Å². The van der Waals surface area contributed by atoms with Crippen LogP contribution >= 0.6 is 0 Å². The number of nitrogens with zero attached hydrogens (tertiary/aromatic N) is 2. The highest BCUT2D eigenvalue weighted by atomic mass is 32.2. The Balaban J connectivity index is 2.35. The quantitative estimate of drug-likeness (QED) is 0.735. The highest BCUT2D eigenvalue weighted by Gasteiger charge is 2.19. The van der Waals surface area contributed by atoms with E-state index in [1.807, 2.05) is 31.3 Å². The standard InChI is InChI=1S/C14H12N2O3S/c1-16-12-8-4-3-7-11(12)15-14(16)10-6-2-5-9-13(10)20(17,18)19/h2-9H,1H3,(H,17,18,19). The Hall–Kier alpha value is -2.18.